The monoisotopic (exact) mass is 387 g/mol. The van der Waals surface area contributed by atoms with Crippen molar-refractivity contribution >= 4 is 11.7 Å². The van der Waals surface area contributed by atoms with E-state index in [1.54, 1.807) is 6.33 Å². The molecule has 7 nitrogen and oxygen atoms in total. The maximum Gasteiger partial charge on any atom is 0.248 e. The van der Waals surface area contributed by atoms with Crippen LogP contribution in [0.3, 0.4) is 0 Å². The summed E-state index contributed by atoms with van der Waals surface area (Å²) < 4.78 is 5.33. The Morgan fingerprint density at radius 1 is 1.11 bits per heavy atom. The van der Waals surface area contributed by atoms with Gasteiger partial charge in [0, 0.05) is 63.9 Å². The first kappa shape index (κ1) is 19.6. The van der Waals surface area contributed by atoms with Crippen molar-refractivity contribution in [2.24, 2.45) is 11.8 Å². The average molecular weight is 388 g/mol. The molecule has 3 fully saturated rings. The van der Waals surface area contributed by atoms with Crippen molar-refractivity contribution in [1.29, 1.82) is 0 Å². The number of hydrogen-bond donors (Lipinski definition) is 0. The lowest BCUT2D eigenvalue weighted by Crippen LogP contribution is -2.40. The number of carbonyl (C=O) groups is 1. The molecule has 0 spiro atoms. The molecule has 3 aliphatic rings. The molecular weight excluding hydrogens is 354 g/mol. The Hall–Kier alpha value is -1.73. The molecule has 2 atom stereocenters. The summed E-state index contributed by atoms with van der Waals surface area (Å²) in [6.07, 6.45) is 2.65. The van der Waals surface area contributed by atoms with Crippen LogP contribution in [0.1, 0.15) is 32.9 Å². The van der Waals surface area contributed by atoms with Gasteiger partial charge in [-0.25, -0.2) is 9.97 Å². The highest BCUT2D eigenvalue weighted by Crippen LogP contribution is 2.34. The third kappa shape index (κ3) is 4.30. The van der Waals surface area contributed by atoms with E-state index in [0.717, 1.165) is 63.7 Å². The quantitative estimate of drug-likeness (QED) is 0.778. The molecule has 0 N–H and O–H groups in total. The molecule has 7 heteroatoms. The Morgan fingerprint density at radius 2 is 1.86 bits per heavy atom. The van der Waals surface area contributed by atoms with Gasteiger partial charge in [0.1, 0.15) is 18.8 Å². The van der Waals surface area contributed by atoms with Crippen LogP contribution in [0.15, 0.2) is 12.4 Å². The van der Waals surface area contributed by atoms with Crippen LogP contribution in [-0.4, -0.2) is 84.7 Å². The van der Waals surface area contributed by atoms with E-state index in [2.05, 4.69) is 46.6 Å². The molecule has 3 saturated heterocycles. The first-order valence-electron chi connectivity index (χ1n) is 10.6. The van der Waals surface area contributed by atoms with Crippen molar-refractivity contribution < 1.29 is 9.53 Å². The standard InChI is InChI=1S/C21H33N5O2/c1-21(2,3)18-9-19(23-15-22-18)26-12-16-10-24(11-17(16)13-26)6-7-25-5-4-8-28-14-20(25)27/h9,15-17H,4-8,10-14H2,1-3H3. The molecule has 0 saturated carbocycles. The molecule has 28 heavy (non-hydrogen) atoms. The van der Waals surface area contributed by atoms with Crippen molar-refractivity contribution in [3.63, 3.8) is 0 Å². The number of aromatic nitrogens is 2. The smallest absolute Gasteiger partial charge is 0.248 e. The molecule has 154 valence electrons. The van der Waals surface area contributed by atoms with E-state index in [1.165, 1.54) is 0 Å². The predicted octanol–water partition coefficient (Wildman–Crippen LogP) is 1.39. The molecule has 1 amide bonds. The van der Waals surface area contributed by atoms with Crippen LogP contribution in [-0.2, 0) is 14.9 Å². The Bertz CT molecular complexity index is 690. The van der Waals surface area contributed by atoms with Crippen LogP contribution in [0.4, 0.5) is 5.82 Å². The summed E-state index contributed by atoms with van der Waals surface area (Å²) in [5.41, 5.74) is 1.14. The normalized spacial score (nSPS) is 26.6. The van der Waals surface area contributed by atoms with Crippen molar-refractivity contribution in [2.75, 3.05) is 63.9 Å². The number of nitrogens with zero attached hydrogens (tertiary/aromatic N) is 5. The summed E-state index contributed by atoms with van der Waals surface area (Å²) in [4.78, 5) is 28.0. The molecule has 1 aromatic rings. The van der Waals surface area contributed by atoms with Gasteiger partial charge in [0.05, 0.1) is 5.69 Å². The second-order valence-corrected chi connectivity index (χ2v) is 9.48. The maximum absolute atomic E-state index is 12.1. The van der Waals surface area contributed by atoms with E-state index in [0.29, 0.717) is 18.4 Å². The van der Waals surface area contributed by atoms with E-state index < -0.39 is 0 Å². The summed E-state index contributed by atoms with van der Waals surface area (Å²) >= 11 is 0. The van der Waals surface area contributed by atoms with Gasteiger partial charge in [0.2, 0.25) is 5.91 Å². The van der Waals surface area contributed by atoms with E-state index in [-0.39, 0.29) is 17.9 Å². The van der Waals surface area contributed by atoms with Gasteiger partial charge >= 0.3 is 0 Å². The van der Waals surface area contributed by atoms with Crippen LogP contribution in [0.5, 0.6) is 0 Å². The Kier molecular flexibility index (Phi) is 5.56. The second kappa shape index (κ2) is 7.95. The minimum absolute atomic E-state index is 0.0416. The van der Waals surface area contributed by atoms with Crippen molar-refractivity contribution in [1.82, 2.24) is 19.8 Å². The van der Waals surface area contributed by atoms with Gasteiger partial charge in [-0.1, -0.05) is 20.8 Å². The fraction of sp³-hybridized carbons (Fsp3) is 0.762. The highest BCUT2D eigenvalue weighted by molar-refractivity contribution is 5.77. The van der Waals surface area contributed by atoms with Crippen molar-refractivity contribution in [3.8, 4) is 0 Å². The molecule has 1 aromatic heterocycles. The zero-order chi connectivity index (χ0) is 19.7. The highest BCUT2D eigenvalue weighted by atomic mass is 16.5. The summed E-state index contributed by atoms with van der Waals surface area (Å²) in [5, 5.41) is 0. The van der Waals surface area contributed by atoms with Crippen LogP contribution >= 0.6 is 0 Å². The van der Waals surface area contributed by atoms with Gasteiger partial charge in [-0.2, -0.15) is 0 Å². The number of rotatable bonds is 4. The zero-order valence-electron chi connectivity index (χ0n) is 17.4. The largest absolute Gasteiger partial charge is 0.372 e. The molecule has 2 unspecified atom stereocenters. The fourth-order valence-electron chi connectivity index (χ4n) is 4.62. The number of ether oxygens (including phenoxy) is 1. The molecule has 3 aliphatic heterocycles. The maximum atomic E-state index is 12.1. The van der Waals surface area contributed by atoms with Crippen LogP contribution in [0.2, 0.25) is 0 Å². The minimum Gasteiger partial charge on any atom is -0.372 e. The van der Waals surface area contributed by atoms with Crippen LogP contribution < -0.4 is 4.90 Å². The average Bonchev–Trinajstić information content (AvgIpc) is 3.15. The molecule has 0 bridgehead atoms. The van der Waals surface area contributed by atoms with Gasteiger partial charge in [0.25, 0.3) is 0 Å². The van der Waals surface area contributed by atoms with E-state index in [4.69, 9.17) is 4.74 Å². The number of carbonyl (C=O) groups excluding carboxylic acids is 1. The van der Waals surface area contributed by atoms with Crippen LogP contribution in [0, 0.1) is 11.8 Å². The minimum atomic E-state index is 0.0416. The Morgan fingerprint density at radius 3 is 2.57 bits per heavy atom. The lowest BCUT2D eigenvalue weighted by molar-refractivity contribution is -0.134. The lowest BCUT2D eigenvalue weighted by Gasteiger charge is -2.26. The van der Waals surface area contributed by atoms with E-state index >= 15 is 0 Å². The first-order chi connectivity index (χ1) is 13.4. The first-order valence-corrected chi connectivity index (χ1v) is 10.6. The van der Waals surface area contributed by atoms with E-state index in [9.17, 15) is 4.79 Å². The summed E-state index contributed by atoms with van der Waals surface area (Å²) in [5.74, 6) is 2.59. The summed E-state index contributed by atoms with van der Waals surface area (Å²) in [7, 11) is 0. The molecule has 4 heterocycles. The highest BCUT2D eigenvalue weighted by Gasteiger charge is 2.40. The Balaban J connectivity index is 1.29. The second-order valence-electron chi connectivity index (χ2n) is 9.48. The summed E-state index contributed by atoms with van der Waals surface area (Å²) in [6, 6.07) is 2.16. The van der Waals surface area contributed by atoms with Gasteiger partial charge in [-0.05, 0) is 18.3 Å². The topological polar surface area (TPSA) is 61.8 Å². The van der Waals surface area contributed by atoms with Crippen molar-refractivity contribution in [2.45, 2.75) is 32.6 Å². The molecular formula is C21H33N5O2. The number of likely N-dealkylation sites (tertiary alicyclic amines) is 1. The number of fused-ring (bicyclic) bond motifs is 1. The van der Waals surface area contributed by atoms with Gasteiger partial charge in [-0.3, -0.25) is 4.79 Å². The fourth-order valence-corrected chi connectivity index (χ4v) is 4.62. The van der Waals surface area contributed by atoms with E-state index in [1.807, 2.05) is 4.90 Å². The molecule has 0 aliphatic carbocycles. The SMILES string of the molecule is CC(C)(C)c1cc(N2CC3CN(CCN4CCCOCC4=O)CC3C2)ncn1. The molecule has 0 radical (unpaired) electrons. The van der Waals surface area contributed by atoms with Crippen LogP contribution in [0.25, 0.3) is 0 Å². The number of anilines is 1. The summed E-state index contributed by atoms with van der Waals surface area (Å²) in [6.45, 7) is 14.5. The van der Waals surface area contributed by atoms with Gasteiger partial charge in [0.15, 0.2) is 0 Å². The molecule has 4 rings (SSSR count). The third-order valence-electron chi connectivity index (χ3n) is 6.29. The van der Waals surface area contributed by atoms with Gasteiger partial charge < -0.3 is 19.4 Å². The number of hydrogen-bond acceptors (Lipinski definition) is 6. The zero-order valence-corrected chi connectivity index (χ0v) is 17.4. The predicted molar refractivity (Wildman–Crippen MR) is 108 cm³/mol. The third-order valence-corrected chi connectivity index (χ3v) is 6.29. The van der Waals surface area contributed by atoms with Crippen molar-refractivity contribution in [3.05, 3.63) is 18.1 Å². The van der Waals surface area contributed by atoms with Gasteiger partial charge in [-0.15, -0.1) is 0 Å². The molecule has 0 aromatic carbocycles. The number of amides is 1. The Labute approximate surface area is 168 Å². The lowest BCUT2D eigenvalue weighted by atomic mass is 9.92.